The van der Waals surface area contributed by atoms with Gasteiger partial charge in [-0.25, -0.2) is 4.98 Å². The molecule has 70 valence electrons. The maximum Gasteiger partial charge on any atom is 0.311 e. The SMILES string of the molecule is Oc1oc(-c2ccccc2)nc1C=S. The van der Waals surface area contributed by atoms with E-state index in [-0.39, 0.29) is 5.95 Å². The number of oxazole rings is 1. The fraction of sp³-hybridized carbons (Fsp3) is 0. The molecule has 1 aromatic heterocycles. The van der Waals surface area contributed by atoms with Gasteiger partial charge in [-0.15, -0.1) is 0 Å². The van der Waals surface area contributed by atoms with Crippen LogP contribution in [0.3, 0.4) is 0 Å². The average Bonchev–Trinajstić information content (AvgIpc) is 2.61. The highest BCUT2D eigenvalue weighted by Gasteiger charge is 2.10. The highest BCUT2D eigenvalue weighted by Crippen LogP contribution is 2.24. The van der Waals surface area contributed by atoms with E-state index in [9.17, 15) is 5.11 Å². The van der Waals surface area contributed by atoms with Gasteiger partial charge in [0, 0.05) is 10.9 Å². The first-order valence-corrected chi connectivity index (χ1v) is 4.49. The summed E-state index contributed by atoms with van der Waals surface area (Å²) in [5, 5.41) is 10.5. The molecule has 0 bridgehead atoms. The highest BCUT2D eigenvalue weighted by molar-refractivity contribution is 7.79. The van der Waals surface area contributed by atoms with E-state index < -0.39 is 0 Å². The maximum atomic E-state index is 9.27. The van der Waals surface area contributed by atoms with E-state index >= 15 is 0 Å². The van der Waals surface area contributed by atoms with Crippen molar-refractivity contribution in [2.75, 3.05) is 0 Å². The first-order valence-electron chi connectivity index (χ1n) is 4.01. The lowest BCUT2D eigenvalue weighted by atomic mass is 10.2. The summed E-state index contributed by atoms with van der Waals surface area (Å²) in [5.41, 5.74) is 1.10. The molecule has 0 saturated carbocycles. The molecule has 3 nitrogen and oxygen atoms in total. The first kappa shape index (κ1) is 8.90. The number of benzene rings is 1. The second-order valence-electron chi connectivity index (χ2n) is 2.69. The molecule has 4 heteroatoms. The van der Waals surface area contributed by atoms with Gasteiger partial charge in [-0.05, 0) is 12.1 Å². The topological polar surface area (TPSA) is 46.3 Å². The fourth-order valence-corrected chi connectivity index (χ4v) is 1.26. The number of thiocarbonyl (C=S) groups is 1. The molecule has 0 aliphatic rings. The highest BCUT2D eigenvalue weighted by atomic mass is 32.1. The standard InChI is InChI=1S/C10H7NO2S/c12-10-8(6-14)11-9(13-10)7-4-2-1-3-5-7/h1-6,12H. The summed E-state index contributed by atoms with van der Waals surface area (Å²) in [6.07, 6.45) is 0. The van der Waals surface area contributed by atoms with Gasteiger partial charge in [0.05, 0.1) is 0 Å². The van der Waals surface area contributed by atoms with Gasteiger partial charge in [-0.2, -0.15) is 0 Å². The van der Waals surface area contributed by atoms with Crippen LogP contribution >= 0.6 is 12.2 Å². The minimum Gasteiger partial charge on any atom is -0.479 e. The van der Waals surface area contributed by atoms with Crippen molar-refractivity contribution in [3.05, 3.63) is 36.0 Å². The number of aromatic nitrogens is 1. The number of nitrogens with zero attached hydrogens (tertiary/aromatic N) is 1. The molecule has 0 unspecified atom stereocenters. The summed E-state index contributed by atoms with van der Waals surface area (Å²) >= 11 is 4.66. The van der Waals surface area contributed by atoms with Gasteiger partial charge in [0.15, 0.2) is 5.69 Å². The molecule has 14 heavy (non-hydrogen) atoms. The summed E-state index contributed by atoms with van der Waals surface area (Å²) in [6.45, 7) is 0. The van der Waals surface area contributed by atoms with Crippen LogP contribution in [0.25, 0.3) is 11.5 Å². The Bertz CT molecular complexity index is 450. The molecule has 1 heterocycles. The number of aromatic hydroxyl groups is 1. The van der Waals surface area contributed by atoms with Crippen molar-refractivity contribution in [2.24, 2.45) is 0 Å². The normalized spacial score (nSPS) is 10.0. The van der Waals surface area contributed by atoms with E-state index in [1.54, 1.807) is 0 Å². The molecule has 0 fully saturated rings. The second-order valence-corrected chi connectivity index (χ2v) is 2.93. The average molecular weight is 205 g/mol. The van der Waals surface area contributed by atoms with Crippen LogP contribution in [-0.4, -0.2) is 15.5 Å². The van der Waals surface area contributed by atoms with Crippen molar-refractivity contribution in [3.63, 3.8) is 0 Å². The molecule has 0 radical (unpaired) electrons. The van der Waals surface area contributed by atoms with Crippen molar-refractivity contribution in [1.29, 1.82) is 0 Å². The van der Waals surface area contributed by atoms with E-state index in [0.717, 1.165) is 5.56 Å². The lowest BCUT2D eigenvalue weighted by Gasteiger charge is -1.91. The van der Waals surface area contributed by atoms with Gasteiger partial charge < -0.3 is 9.52 Å². The van der Waals surface area contributed by atoms with Gasteiger partial charge in [-0.1, -0.05) is 30.4 Å². The van der Waals surface area contributed by atoms with Crippen LogP contribution in [0.15, 0.2) is 34.7 Å². The summed E-state index contributed by atoms with van der Waals surface area (Å²) in [5.74, 6) is 0.137. The molecule has 2 rings (SSSR count). The molecule has 0 aliphatic carbocycles. The molecule has 1 aromatic carbocycles. The van der Waals surface area contributed by atoms with Gasteiger partial charge in [0.1, 0.15) is 0 Å². The van der Waals surface area contributed by atoms with Crippen molar-refractivity contribution in [1.82, 2.24) is 4.98 Å². The van der Waals surface area contributed by atoms with Crippen molar-refractivity contribution >= 4 is 17.6 Å². The molecule has 0 aliphatic heterocycles. The molecule has 0 atom stereocenters. The van der Waals surface area contributed by atoms with Gasteiger partial charge in [0.25, 0.3) is 0 Å². The smallest absolute Gasteiger partial charge is 0.311 e. The first-order chi connectivity index (χ1) is 6.81. The molecule has 2 aromatic rings. The van der Waals surface area contributed by atoms with Crippen molar-refractivity contribution < 1.29 is 9.52 Å². The Balaban J connectivity index is 2.48. The Labute approximate surface area is 86.0 Å². The Morgan fingerprint density at radius 2 is 2.00 bits per heavy atom. The third-order valence-corrected chi connectivity index (χ3v) is 1.99. The van der Waals surface area contributed by atoms with Crippen LogP contribution in [-0.2, 0) is 0 Å². The minimum atomic E-state index is -0.237. The molecular formula is C10H7NO2S. The van der Waals surface area contributed by atoms with E-state index in [1.165, 1.54) is 5.37 Å². The van der Waals surface area contributed by atoms with E-state index in [2.05, 4.69) is 17.2 Å². The molecular weight excluding hydrogens is 198 g/mol. The van der Waals surface area contributed by atoms with Crippen LogP contribution in [0.2, 0.25) is 0 Å². The van der Waals surface area contributed by atoms with Crippen LogP contribution in [0.4, 0.5) is 0 Å². The van der Waals surface area contributed by atoms with E-state index in [0.29, 0.717) is 11.6 Å². The Hall–Kier alpha value is -1.68. The fourth-order valence-electron chi connectivity index (χ4n) is 1.10. The van der Waals surface area contributed by atoms with Gasteiger partial charge >= 0.3 is 5.95 Å². The lowest BCUT2D eigenvalue weighted by molar-refractivity contribution is 0.337. The lowest BCUT2D eigenvalue weighted by Crippen LogP contribution is -1.79. The Morgan fingerprint density at radius 1 is 1.29 bits per heavy atom. The van der Waals surface area contributed by atoms with Gasteiger partial charge in [0.2, 0.25) is 5.89 Å². The Morgan fingerprint density at radius 3 is 2.57 bits per heavy atom. The van der Waals surface area contributed by atoms with Crippen LogP contribution in [0.5, 0.6) is 5.95 Å². The minimum absolute atomic E-state index is 0.237. The molecule has 0 spiro atoms. The quantitative estimate of drug-likeness (QED) is 0.765. The second kappa shape index (κ2) is 3.59. The number of rotatable bonds is 2. The predicted octanol–water partition coefficient (Wildman–Crippen LogP) is 2.39. The number of hydrogen-bond acceptors (Lipinski definition) is 4. The zero-order chi connectivity index (χ0) is 9.97. The third kappa shape index (κ3) is 1.52. The number of hydrogen-bond donors (Lipinski definition) is 1. The van der Waals surface area contributed by atoms with Crippen molar-refractivity contribution in [2.45, 2.75) is 0 Å². The molecule has 0 amide bonds. The monoisotopic (exact) mass is 205 g/mol. The van der Waals surface area contributed by atoms with E-state index in [1.807, 2.05) is 30.3 Å². The summed E-state index contributed by atoms with van der Waals surface area (Å²) < 4.78 is 5.04. The summed E-state index contributed by atoms with van der Waals surface area (Å²) in [6, 6.07) is 9.32. The van der Waals surface area contributed by atoms with Crippen LogP contribution in [0, 0.1) is 0 Å². The van der Waals surface area contributed by atoms with Crippen molar-refractivity contribution in [3.8, 4) is 17.4 Å². The predicted molar refractivity (Wildman–Crippen MR) is 56.4 cm³/mol. The zero-order valence-electron chi connectivity index (χ0n) is 7.18. The summed E-state index contributed by atoms with van der Waals surface area (Å²) in [4.78, 5) is 4.02. The summed E-state index contributed by atoms with van der Waals surface area (Å²) in [7, 11) is 0. The van der Waals surface area contributed by atoms with Gasteiger partial charge in [-0.3, -0.25) is 0 Å². The Kier molecular flexibility index (Phi) is 2.28. The third-order valence-electron chi connectivity index (χ3n) is 1.77. The largest absolute Gasteiger partial charge is 0.479 e. The maximum absolute atomic E-state index is 9.27. The zero-order valence-corrected chi connectivity index (χ0v) is 7.99. The van der Waals surface area contributed by atoms with Crippen LogP contribution in [0.1, 0.15) is 5.69 Å². The van der Waals surface area contributed by atoms with E-state index in [4.69, 9.17) is 4.42 Å². The van der Waals surface area contributed by atoms with Crippen LogP contribution < -0.4 is 0 Å². The molecule has 0 saturated heterocycles. The molecule has 1 N–H and O–H groups in total.